The number of nitrogens with one attached hydrogen (secondary N) is 1. The number of carbonyl (C=O) groups is 1. The maximum absolute atomic E-state index is 12.5. The summed E-state index contributed by atoms with van der Waals surface area (Å²) in [5.41, 5.74) is 6.05. The van der Waals surface area contributed by atoms with Crippen molar-refractivity contribution in [2.45, 2.75) is 33.0 Å². The molecule has 0 spiro atoms. The first kappa shape index (κ1) is 17.8. The Morgan fingerprint density at radius 1 is 1.31 bits per heavy atom. The molecule has 1 amide bonds. The number of carbonyl (C=O) groups excluding carboxylic acids is 1. The molecule has 0 aliphatic rings. The number of anilines is 1. The normalized spacial score (nSPS) is 12.1. The maximum atomic E-state index is 12.5. The predicted octanol–water partition coefficient (Wildman–Crippen LogP) is 1.04. The molecule has 10 heteroatoms. The highest BCUT2D eigenvalue weighted by Gasteiger charge is 2.18. The smallest absolute Gasteiger partial charge is 0.346 e. The van der Waals surface area contributed by atoms with E-state index in [0.717, 1.165) is 5.56 Å². The van der Waals surface area contributed by atoms with Gasteiger partial charge in [0, 0.05) is 12.1 Å². The molecular weight excluding hydrogens is 354 g/mol. The van der Waals surface area contributed by atoms with Gasteiger partial charge in [0.1, 0.15) is 11.6 Å². The van der Waals surface area contributed by atoms with Crippen LogP contribution in [0, 0.1) is 0 Å². The molecule has 3 N–H and O–H groups in total. The van der Waals surface area contributed by atoms with E-state index in [2.05, 4.69) is 20.6 Å². The molecule has 0 unspecified atom stereocenters. The summed E-state index contributed by atoms with van der Waals surface area (Å²) in [7, 11) is 0. The average Bonchev–Trinajstić information content (AvgIpc) is 3.19. The molecule has 2 heterocycles. The number of rotatable bonds is 6. The van der Waals surface area contributed by atoms with Crippen LogP contribution >= 0.6 is 11.3 Å². The van der Waals surface area contributed by atoms with E-state index in [4.69, 9.17) is 5.73 Å². The van der Waals surface area contributed by atoms with E-state index in [-0.39, 0.29) is 24.2 Å². The zero-order valence-electron chi connectivity index (χ0n) is 14.4. The lowest BCUT2D eigenvalue weighted by molar-refractivity contribution is -0.122. The van der Waals surface area contributed by atoms with Gasteiger partial charge >= 0.3 is 5.69 Å². The molecular formula is C16H19N7O2S. The summed E-state index contributed by atoms with van der Waals surface area (Å²) in [6.45, 7) is 3.93. The Morgan fingerprint density at radius 2 is 2.04 bits per heavy atom. The molecule has 3 rings (SSSR count). The minimum Gasteiger partial charge on any atom is -0.374 e. The Morgan fingerprint density at radius 3 is 2.65 bits per heavy atom. The topological polar surface area (TPSA) is 121 Å². The SMILES string of the molecule is CCn1c(-c2ccccc2)nn(CC(=O)N[C@H](C)c2nnc(N)s2)c1=O. The fourth-order valence-electron chi connectivity index (χ4n) is 2.54. The number of hydrogen-bond acceptors (Lipinski definition) is 7. The summed E-state index contributed by atoms with van der Waals surface area (Å²) in [6, 6.07) is 9.04. The van der Waals surface area contributed by atoms with Gasteiger partial charge in [0.05, 0.1) is 6.04 Å². The molecule has 0 aliphatic heterocycles. The second kappa shape index (κ2) is 7.48. The molecule has 0 aliphatic carbocycles. The molecule has 0 radical (unpaired) electrons. The molecule has 0 saturated carbocycles. The number of nitrogen functional groups attached to an aromatic ring is 1. The molecule has 3 aromatic rings. The third-order valence-electron chi connectivity index (χ3n) is 3.77. The molecule has 2 aromatic heterocycles. The van der Waals surface area contributed by atoms with Gasteiger partial charge in [-0.3, -0.25) is 9.36 Å². The predicted molar refractivity (Wildman–Crippen MR) is 98.5 cm³/mol. The van der Waals surface area contributed by atoms with E-state index in [0.29, 0.717) is 22.5 Å². The standard InChI is InChI=1S/C16H19N7O2S/c1-3-22-13(11-7-5-4-6-8-11)21-23(16(22)25)9-12(24)18-10(2)14-19-20-15(17)26-14/h4-8,10H,3,9H2,1-2H3,(H2,17,20)(H,18,24)/t10-/m1/s1. The quantitative estimate of drug-likeness (QED) is 0.666. The third kappa shape index (κ3) is 3.64. The number of amides is 1. The lowest BCUT2D eigenvalue weighted by atomic mass is 10.2. The molecule has 26 heavy (non-hydrogen) atoms. The zero-order chi connectivity index (χ0) is 18.7. The zero-order valence-corrected chi connectivity index (χ0v) is 15.2. The van der Waals surface area contributed by atoms with E-state index in [1.807, 2.05) is 37.3 Å². The van der Waals surface area contributed by atoms with Crippen molar-refractivity contribution in [3.8, 4) is 11.4 Å². The van der Waals surface area contributed by atoms with E-state index in [9.17, 15) is 9.59 Å². The van der Waals surface area contributed by atoms with Crippen LogP contribution in [0.2, 0.25) is 0 Å². The summed E-state index contributed by atoms with van der Waals surface area (Å²) in [5.74, 6) is 0.199. The Hall–Kier alpha value is -3.01. The number of aromatic nitrogens is 5. The Balaban J connectivity index is 1.78. The van der Waals surface area contributed by atoms with Crippen LogP contribution in [-0.2, 0) is 17.9 Å². The largest absolute Gasteiger partial charge is 0.374 e. The summed E-state index contributed by atoms with van der Waals surface area (Å²) in [4.78, 5) is 24.8. The Labute approximate surface area is 153 Å². The highest BCUT2D eigenvalue weighted by Crippen LogP contribution is 2.19. The van der Waals surface area contributed by atoms with Gasteiger partial charge in [-0.15, -0.1) is 15.3 Å². The van der Waals surface area contributed by atoms with Crippen LogP contribution in [-0.4, -0.2) is 30.5 Å². The van der Waals surface area contributed by atoms with Crippen LogP contribution in [0.15, 0.2) is 35.1 Å². The van der Waals surface area contributed by atoms with Gasteiger partial charge in [0.25, 0.3) is 0 Å². The molecule has 1 aromatic carbocycles. The van der Waals surface area contributed by atoms with Gasteiger partial charge in [-0.05, 0) is 13.8 Å². The van der Waals surface area contributed by atoms with Crippen molar-refractivity contribution >= 4 is 22.4 Å². The highest BCUT2D eigenvalue weighted by atomic mass is 32.1. The third-order valence-corrected chi connectivity index (χ3v) is 4.70. The summed E-state index contributed by atoms with van der Waals surface area (Å²) in [5, 5.41) is 15.7. The maximum Gasteiger partial charge on any atom is 0.346 e. The van der Waals surface area contributed by atoms with Crippen molar-refractivity contribution in [3.05, 3.63) is 45.8 Å². The van der Waals surface area contributed by atoms with Crippen LogP contribution in [0.3, 0.4) is 0 Å². The monoisotopic (exact) mass is 373 g/mol. The average molecular weight is 373 g/mol. The van der Waals surface area contributed by atoms with Crippen molar-refractivity contribution in [2.24, 2.45) is 0 Å². The van der Waals surface area contributed by atoms with Crippen LogP contribution in [0.25, 0.3) is 11.4 Å². The van der Waals surface area contributed by atoms with E-state index in [1.165, 1.54) is 20.6 Å². The molecule has 0 saturated heterocycles. The molecule has 0 bridgehead atoms. The lowest BCUT2D eigenvalue weighted by Crippen LogP contribution is -2.34. The second-order valence-electron chi connectivity index (χ2n) is 5.64. The summed E-state index contributed by atoms with van der Waals surface area (Å²) in [6.07, 6.45) is 0. The number of nitrogens with zero attached hydrogens (tertiary/aromatic N) is 5. The first-order chi connectivity index (χ1) is 12.5. The van der Waals surface area contributed by atoms with Crippen molar-refractivity contribution in [2.75, 3.05) is 5.73 Å². The minimum absolute atomic E-state index is 0.176. The van der Waals surface area contributed by atoms with Gasteiger partial charge in [0.2, 0.25) is 11.0 Å². The highest BCUT2D eigenvalue weighted by molar-refractivity contribution is 7.15. The van der Waals surface area contributed by atoms with Gasteiger partial charge in [0.15, 0.2) is 5.82 Å². The first-order valence-electron chi connectivity index (χ1n) is 8.11. The van der Waals surface area contributed by atoms with Crippen molar-refractivity contribution in [1.29, 1.82) is 0 Å². The van der Waals surface area contributed by atoms with Crippen LogP contribution in [0.1, 0.15) is 24.9 Å². The van der Waals surface area contributed by atoms with E-state index >= 15 is 0 Å². The Bertz CT molecular complexity index is 961. The van der Waals surface area contributed by atoms with Crippen molar-refractivity contribution < 1.29 is 4.79 Å². The van der Waals surface area contributed by atoms with Crippen LogP contribution in [0.5, 0.6) is 0 Å². The first-order valence-corrected chi connectivity index (χ1v) is 8.92. The van der Waals surface area contributed by atoms with Gasteiger partial charge in [-0.25, -0.2) is 9.48 Å². The molecule has 9 nitrogen and oxygen atoms in total. The fourth-order valence-corrected chi connectivity index (χ4v) is 3.15. The molecule has 1 atom stereocenters. The van der Waals surface area contributed by atoms with E-state index in [1.54, 1.807) is 6.92 Å². The second-order valence-corrected chi connectivity index (χ2v) is 6.68. The number of benzene rings is 1. The number of hydrogen-bond donors (Lipinski definition) is 2. The lowest BCUT2D eigenvalue weighted by Gasteiger charge is -2.10. The van der Waals surface area contributed by atoms with Gasteiger partial charge in [-0.1, -0.05) is 41.7 Å². The van der Waals surface area contributed by atoms with Crippen molar-refractivity contribution in [3.63, 3.8) is 0 Å². The minimum atomic E-state index is -0.352. The van der Waals surface area contributed by atoms with Crippen molar-refractivity contribution in [1.82, 2.24) is 29.9 Å². The van der Waals surface area contributed by atoms with Crippen LogP contribution in [0.4, 0.5) is 5.13 Å². The Kier molecular flexibility index (Phi) is 5.12. The molecule has 0 fully saturated rings. The van der Waals surface area contributed by atoms with Crippen LogP contribution < -0.4 is 16.7 Å². The molecule has 136 valence electrons. The van der Waals surface area contributed by atoms with Gasteiger partial charge in [-0.2, -0.15) is 0 Å². The summed E-state index contributed by atoms with van der Waals surface area (Å²) < 4.78 is 2.71. The summed E-state index contributed by atoms with van der Waals surface area (Å²) >= 11 is 1.21. The van der Waals surface area contributed by atoms with E-state index < -0.39 is 0 Å². The number of nitrogens with two attached hydrogens (primary N) is 1. The fraction of sp³-hybridized carbons (Fsp3) is 0.312. The van der Waals surface area contributed by atoms with Gasteiger partial charge < -0.3 is 11.1 Å².